The van der Waals surface area contributed by atoms with Crippen molar-refractivity contribution in [1.29, 1.82) is 0 Å². The van der Waals surface area contributed by atoms with Crippen LogP contribution >= 0.6 is 0 Å². The molecule has 2 rings (SSSR count). The third-order valence-electron chi connectivity index (χ3n) is 3.72. The number of aromatic carboxylic acids is 1. The van der Waals surface area contributed by atoms with E-state index < -0.39 is 21.7 Å². The van der Waals surface area contributed by atoms with Crippen LogP contribution < -0.4 is 0 Å². The second-order valence-electron chi connectivity index (χ2n) is 5.41. The fraction of sp³-hybridized carbons (Fsp3) is 0.571. The molecule has 1 saturated heterocycles. The van der Waals surface area contributed by atoms with Gasteiger partial charge in [0, 0.05) is 18.7 Å². The van der Waals surface area contributed by atoms with Gasteiger partial charge in [0.15, 0.2) is 15.6 Å². The minimum absolute atomic E-state index is 0.0467. The molecule has 7 nitrogen and oxygen atoms in total. The van der Waals surface area contributed by atoms with Gasteiger partial charge < -0.3 is 14.4 Å². The average Bonchev–Trinajstić information content (AvgIpc) is 3.06. The Kier molecular flexibility index (Phi) is 4.90. The first kappa shape index (κ1) is 16.5. The number of nitrogens with zero attached hydrogens (tertiary/aromatic N) is 1. The van der Waals surface area contributed by atoms with Gasteiger partial charge in [0.25, 0.3) is 5.91 Å². The molecule has 0 spiro atoms. The van der Waals surface area contributed by atoms with Gasteiger partial charge in [0.2, 0.25) is 0 Å². The van der Waals surface area contributed by atoms with Gasteiger partial charge in [-0.05, 0) is 12.8 Å². The number of sulfone groups is 1. The number of carbonyl (C=O) groups is 2. The Morgan fingerprint density at radius 3 is 2.68 bits per heavy atom. The smallest absolute Gasteiger partial charge is 0.338 e. The normalized spacial score (nSPS) is 20.0. The molecule has 1 unspecified atom stereocenters. The number of unbranched alkanes of at least 4 members (excludes halogenated alkanes) is 1. The highest BCUT2D eigenvalue weighted by Crippen LogP contribution is 2.21. The fourth-order valence-electron chi connectivity index (χ4n) is 2.50. The third-order valence-corrected chi connectivity index (χ3v) is 5.47. The molecule has 2 heterocycles. The number of amides is 1. The van der Waals surface area contributed by atoms with Gasteiger partial charge in [0.1, 0.15) is 6.26 Å². The predicted octanol–water partition coefficient (Wildman–Crippen LogP) is 1.41. The van der Waals surface area contributed by atoms with Crippen molar-refractivity contribution in [2.75, 3.05) is 18.1 Å². The van der Waals surface area contributed by atoms with E-state index in [0.29, 0.717) is 13.0 Å². The third kappa shape index (κ3) is 3.68. The van der Waals surface area contributed by atoms with Gasteiger partial charge in [0.05, 0.1) is 17.1 Å². The molecular formula is C14H19NO6S. The summed E-state index contributed by atoms with van der Waals surface area (Å²) >= 11 is 0. The second-order valence-corrected chi connectivity index (χ2v) is 7.64. The summed E-state index contributed by atoms with van der Waals surface area (Å²) in [6, 6.07) is 0.801. The lowest BCUT2D eigenvalue weighted by Crippen LogP contribution is -2.41. The van der Waals surface area contributed by atoms with Crippen molar-refractivity contribution < 1.29 is 27.5 Å². The van der Waals surface area contributed by atoms with Gasteiger partial charge in [-0.3, -0.25) is 4.79 Å². The quantitative estimate of drug-likeness (QED) is 0.846. The molecule has 0 aromatic carbocycles. The molecule has 1 N–H and O–H groups in total. The van der Waals surface area contributed by atoms with E-state index in [9.17, 15) is 18.0 Å². The first-order chi connectivity index (χ1) is 10.3. The molecule has 1 fully saturated rings. The molecule has 1 aromatic rings. The molecule has 122 valence electrons. The Hall–Kier alpha value is -1.83. The number of carboxylic acid groups (broad SMARTS) is 1. The lowest BCUT2D eigenvalue weighted by atomic mass is 10.1. The fourth-order valence-corrected chi connectivity index (χ4v) is 4.23. The van der Waals surface area contributed by atoms with E-state index in [1.807, 2.05) is 6.92 Å². The first-order valence-electron chi connectivity index (χ1n) is 7.17. The summed E-state index contributed by atoms with van der Waals surface area (Å²) in [7, 11) is -3.11. The predicted molar refractivity (Wildman–Crippen MR) is 78.7 cm³/mol. The molecule has 0 saturated carbocycles. The number of hydrogen-bond acceptors (Lipinski definition) is 5. The largest absolute Gasteiger partial charge is 0.478 e. The number of carboxylic acids is 1. The summed E-state index contributed by atoms with van der Waals surface area (Å²) < 4.78 is 28.3. The van der Waals surface area contributed by atoms with Gasteiger partial charge in [-0.1, -0.05) is 13.3 Å². The highest BCUT2D eigenvalue weighted by atomic mass is 32.2. The molecule has 1 aromatic heterocycles. The summed E-state index contributed by atoms with van der Waals surface area (Å²) in [4.78, 5) is 24.9. The Morgan fingerprint density at radius 1 is 1.45 bits per heavy atom. The molecule has 0 aliphatic carbocycles. The first-order valence-corrected chi connectivity index (χ1v) is 8.99. The van der Waals surface area contributed by atoms with Crippen LogP contribution in [-0.4, -0.2) is 54.4 Å². The topological polar surface area (TPSA) is 105 Å². The minimum atomic E-state index is -3.11. The van der Waals surface area contributed by atoms with Crippen LogP contribution in [0.15, 0.2) is 16.7 Å². The van der Waals surface area contributed by atoms with Crippen molar-refractivity contribution in [1.82, 2.24) is 4.90 Å². The number of rotatable bonds is 6. The van der Waals surface area contributed by atoms with Gasteiger partial charge in [-0.15, -0.1) is 0 Å². The summed E-state index contributed by atoms with van der Waals surface area (Å²) in [5.74, 6) is -1.67. The summed E-state index contributed by atoms with van der Waals surface area (Å²) in [5, 5.41) is 8.88. The van der Waals surface area contributed by atoms with Crippen molar-refractivity contribution in [3.05, 3.63) is 23.7 Å². The van der Waals surface area contributed by atoms with Crippen LogP contribution in [-0.2, 0) is 9.84 Å². The highest BCUT2D eigenvalue weighted by molar-refractivity contribution is 7.91. The number of hydrogen-bond donors (Lipinski definition) is 1. The van der Waals surface area contributed by atoms with Crippen molar-refractivity contribution in [3.63, 3.8) is 0 Å². The van der Waals surface area contributed by atoms with E-state index in [4.69, 9.17) is 9.52 Å². The van der Waals surface area contributed by atoms with Crippen LogP contribution in [0.3, 0.4) is 0 Å². The van der Waals surface area contributed by atoms with Crippen LogP contribution in [0.2, 0.25) is 0 Å². The van der Waals surface area contributed by atoms with Crippen molar-refractivity contribution in [2.24, 2.45) is 0 Å². The van der Waals surface area contributed by atoms with Crippen LogP contribution in [0.25, 0.3) is 0 Å². The van der Waals surface area contributed by atoms with E-state index in [1.165, 1.54) is 11.0 Å². The van der Waals surface area contributed by atoms with Gasteiger partial charge in [-0.25, -0.2) is 13.2 Å². The van der Waals surface area contributed by atoms with Gasteiger partial charge >= 0.3 is 5.97 Å². The van der Waals surface area contributed by atoms with Crippen molar-refractivity contribution in [3.8, 4) is 0 Å². The lowest BCUT2D eigenvalue weighted by Gasteiger charge is -2.27. The Labute approximate surface area is 128 Å². The molecule has 8 heteroatoms. The van der Waals surface area contributed by atoms with Crippen molar-refractivity contribution >= 4 is 21.7 Å². The molecule has 1 aliphatic rings. The Morgan fingerprint density at radius 2 is 2.18 bits per heavy atom. The van der Waals surface area contributed by atoms with E-state index in [2.05, 4.69) is 0 Å². The molecule has 1 amide bonds. The average molecular weight is 329 g/mol. The maximum Gasteiger partial charge on any atom is 0.338 e. The zero-order chi connectivity index (χ0) is 16.3. The minimum Gasteiger partial charge on any atom is -0.478 e. The molecule has 1 atom stereocenters. The van der Waals surface area contributed by atoms with E-state index in [-0.39, 0.29) is 28.9 Å². The van der Waals surface area contributed by atoms with Crippen LogP contribution in [0.1, 0.15) is 47.1 Å². The van der Waals surface area contributed by atoms with Crippen LogP contribution in [0.5, 0.6) is 0 Å². The maximum absolute atomic E-state index is 12.5. The molecule has 0 bridgehead atoms. The summed E-state index contributed by atoms with van der Waals surface area (Å²) in [6.45, 7) is 2.40. The van der Waals surface area contributed by atoms with Gasteiger partial charge in [-0.2, -0.15) is 0 Å². The molecular weight excluding hydrogens is 310 g/mol. The number of furan rings is 1. The van der Waals surface area contributed by atoms with Crippen LogP contribution in [0.4, 0.5) is 0 Å². The Balaban J connectivity index is 2.20. The highest BCUT2D eigenvalue weighted by Gasteiger charge is 2.35. The summed E-state index contributed by atoms with van der Waals surface area (Å²) in [6.07, 6.45) is 3.03. The second kappa shape index (κ2) is 6.51. The van der Waals surface area contributed by atoms with E-state index >= 15 is 0 Å². The zero-order valence-corrected chi connectivity index (χ0v) is 13.1. The van der Waals surface area contributed by atoms with Crippen molar-refractivity contribution in [2.45, 2.75) is 32.2 Å². The standard InChI is InChI=1S/C14H19NO6S/c1-2-3-5-15(11-4-6-22(19,20)9-11)13(16)12-7-10(8-21-12)14(17)18/h7-8,11H,2-6,9H2,1H3,(H,17,18). The van der Waals surface area contributed by atoms with Crippen LogP contribution in [0, 0.1) is 0 Å². The zero-order valence-electron chi connectivity index (χ0n) is 12.3. The number of carbonyl (C=O) groups excluding carboxylic acids is 1. The monoisotopic (exact) mass is 329 g/mol. The van der Waals surface area contributed by atoms with E-state index in [0.717, 1.165) is 19.1 Å². The molecule has 1 aliphatic heterocycles. The summed E-state index contributed by atoms with van der Waals surface area (Å²) in [5.41, 5.74) is -0.0992. The van der Waals surface area contributed by atoms with E-state index in [1.54, 1.807) is 0 Å². The lowest BCUT2D eigenvalue weighted by molar-refractivity contribution is 0.0659. The Bertz CT molecular complexity index is 663. The SMILES string of the molecule is CCCCN(C(=O)c1cc(C(=O)O)co1)C1CCS(=O)(=O)C1. The maximum atomic E-state index is 12.5. The molecule has 22 heavy (non-hydrogen) atoms. The molecule has 0 radical (unpaired) electrons.